The minimum absolute atomic E-state index is 0.666. The van der Waals surface area contributed by atoms with E-state index >= 15 is 0 Å². The summed E-state index contributed by atoms with van der Waals surface area (Å²) in [4.78, 5) is 11.0. The van der Waals surface area contributed by atoms with Gasteiger partial charge in [-0.15, -0.1) is 0 Å². The number of nitrogens with zero attached hydrogens (tertiary/aromatic N) is 5. The molecule has 2 fully saturated rings. The van der Waals surface area contributed by atoms with Crippen molar-refractivity contribution in [2.45, 2.75) is 24.6 Å². The Balaban J connectivity index is 1.87. The van der Waals surface area contributed by atoms with E-state index < -0.39 is 0 Å². The van der Waals surface area contributed by atoms with E-state index in [1.54, 1.807) is 6.33 Å². The van der Waals surface area contributed by atoms with Crippen LogP contribution >= 0.6 is 11.8 Å². The summed E-state index contributed by atoms with van der Waals surface area (Å²) >= 11 is 2.10. The lowest BCUT2D eigenvalue weighted by Gasteiger charge is -2.28. The lowest BCUT2D eigenvalue weighted by molar-refractivity contribution is 0.730. The van der Waals surface area contributed by atoms with Crippen LogP contribution in [-0.2, 0) is 0 Å². The van der Waals surface area contributed by atoms with E-state index in [0.29, 0.717) is 11.8 Å². The quantitative estimate of drug-likeness (QED) is 0.756. The number of anilines is 1. The molecule has 6 heteroatoms. The van der Waals surface area contributed by atoms with Crippen LogP contribution in [0.2, 0.25) is 0 Å². The van der Waals surface area contributed by atoms with Crippen LogP contribution in [0.15, 0.2) is 12.4 Å². The lowest BCUT2D eigenvalue weighted by Crippen LogP contribution is -2.35. The summed E-state index contributed by atoms with van der Waals surface area (Å²) in [5, 5.41) is 5.08. The molecule has 4 heterocycles. The van der Waals surface area contributed by atoms with Gasteiger partial charge in [-0.05, 0) is 13.3 Å². The van der Waals surface area contributed by atoms with Crippen molar-refractivity contribution in [3.63, 3.8) is 0 Å². The van der Waals surface area contributed by atoms with E-state index in [1.807, 2.05) is 11.4 Å². The van der Waals surface area contributed by atoms with Gasteiger partial charge in [0.25, 0.3) is 5.78 Å². The zero-order valence-electron chi connectivity index (χ0n) is 9.58. The fourth-order valence-electron chi connectivity index (χ4n) is 2.80. The number of aryl methyl sites for hydroxylation is 1. The molecule has 2 unspecified atom stereocenters. The smallest absolute Gasteiger partial charge is 0.254 e. The van der Waals surface area contributed by atoms with E-state index in [0.717, 1.165) is 23.3 Å². The van der Waals surface area contributed by atoms with E-state index in [4.69, 9.17) is 0 Å². The molecule has 2 aliphatic rings. The highest BCUT2D eigenvalue weighted by molar-refractivity contribution is 8.00. The second-order valence-electron chi connectivity index (χ2n) is 4.72. The molecule has 2 atom stereocenters. The average molecular weight is 247 g/mol. The van der Waals surface area contributed by atoms with Crippen molar-refractivity contribution in [2.24, 2.45) is 0 Å². The lowest BCUT2D eigenvalue weighted by atomic mass is 10.2. The van der Waals surface area contributed by atoms with Gasteiger partial charge < -0.3 is 4.90 Å². The summed E-state index contributed by atoms with van der Waals surface area (Å²) in [6.07, 6.45) is 2.89. The molecule has 0 amide bonds. The van der Waals surface area contributed by atoms with Gasteiger partial charge in [0.2, 0.25) is 0 Å². The van der Waals surface area contributed by atoms with Crippen LogP contribution in [0.1, 0.15) is 12.1 Å². The van der Waals surface area contributed by atoms with Crippen LogP contribution in [0.25, 0.3) is 5.78 Å². The first-order valence-corrected chi connectivity index (χ1v) is 6.92. The molecule has 2 bridgehead atoms. The number of hydrogen-bond donors (Lipinski definition) is 0. The molecule has 17 heavy (non-hydrogen) atoms. The summed E-state index contributed by atoms with van der Waals surface area (Å²) in [6, 6.07) is 2.78. The molecule has 0 radical (unpaired) electrons. The van der Waals surface area contributed by atoms with Gasteiger partial charge in [0.15, 0.2) is 0 Å². The molecule has 5 nitrogen and oxygen atoms in total. The Bertz CT molecular complexity index is 580. The molecular formula is C11H13N5S. The Kier molecular flexibility index (Phi) is 1.91. The number of hydrogen-bond acceptors (Lipinski definition) is 5. The summed E-state index contributed by atoms with van der Waals surface area (Å²) in [5.41, 5.74) is 1.01. The van der Waals surface area contributed by atoms with Crippen LogP contribution in [0, 0.1) is 6.92 Å². The second kappa shape index (κ2) is 3.35. The van der Waals surface area contributed by atoms with Gasteiger partial charge in [0.1, 0.15) is 12.1 Å². The van der Waals surface area contributed by atoms with Crippen molar-refractivity contribution in [1.29, 1.82) is 0 Å². The number of fused-ring (bicyclic) bond motifs is 3. The van der Waals surface area contributed by atoms with Gasteiger partial charge in [-0.25, -0.2) is 4.98 Å². The fourth-order valence-corrected chi connectivity index (χ4v) is 4.23. The third-order valence-corrected chi connectivity index (χ3v) is 4.95. The fraction of sp³-hybridized carbons (Fsp3) is 0.545. The molecule has 0 aliphatic carbocycles. The van der Waals surface area contributed by atoms with Crippen molar-refractivity contribution in [1.82, 2.24) is 19.6 Å². The molecule has 2 aromatic heterocycles. The standard InChI is InChI=1S/C11H13N5S/c1-7-2-10(16-11(14-7)12-6-13-16)15-4-9-3-8(15)5-17-9/h2,6,8-9H,3-5H2,1H3. The van der Waals surface area contributed by atoms with Gasteiger partial charge in [-0.1, -0.05) is 0 Å². The first-order valence-electron chi connectivity index (χ1n) is 5.87. The third-order valence-electron chi connectivity index (χ3n) is 3.56. The Morgan fingerprint density at radius 2 is 2.41 bits per heavy atom. The minimum atomic E-state index is 0.666. The molecule has 2 aromatic rings. The highest BCUT2D eigenvalue weighted by atomic mass is 32.2. The molecule has 0 aromatic carbocycles. The van der Waals surface area contributed by atoms with E-state index in [1.165, 1.54) is 12.2 Å². The molecular weight excluding hydrogens is 234 g/mol. The molecule has 0 N–H and O–H groups in total. The van der Waals surface area contributed by atoms with E-state index in [9.17, 15) is 0 Å². The predicted molar refractivity (Wildman–Crippen MR) is 67.5 cm³/mol. The maximum atomic E-state index is 4.39. The van der Waals surface area contributed by atoms with Crippen molar-refractivity contribution < 1.29 is 0 Å². The summed E-state index contributed by atoms with van der Waals surface area (Å²) in [6.45, 7) is 3.15. The van der Waals surface area contributed by atoms with Crippen LogP contribution in [0.4, 0.5) is 5.82 Å². The third kappa shape index (κ3) is 1.36. The SMILES string of the molecule is Cc1cc(N2CC3CC2CS3)n2ncnc2n1. The molecule has 2 aliphatic heterocycles. The zero-order valence-corrected chi connectivity index (χ0v) is 10.4. The van der Waals surface area contributed by atoms with Crippen LogP contribution in [0.3, 0.4) is 0 Å². The molecule has 4 rings (SSSR count). The van der Waals surface area contributed by atoms with Crippen LogP contribution < -0.4 is 4.90 Å². The first-order chi connectivity index (χ1) is 8.31. The van der Waals surface area contributed by atoms with Gasteiger partial charge in [0.05, 0.1) is 0 Å². The Labute approximate surface area is 103 Å². The van der Waals surface area contributed by atoms with Gasteiger partial charge in [-0.3, -0.25) is 0 Å². The maximum Gasteiger partial charge on any atom is 0.254 e. The summed E-state index contributed by atoms with van der Waals surface area (Å²) in [7, 11) is 0. The van der Waals surface area contributed by atoms with Crippen molar-refractivity contribution >= 4 is 23.4 Å². The Hall–Kier alpha value is -1.30. The van der Waals surface area contributed by atoms with Gasteiger partial charge in [-0.2, -0.15) is 26.4 Å². The highest BCUT2D eigenvalue weighted by Gasteiger charge is 2.39. The maximum absolute atomic E-state index is 4.39. The van der Waals surface area contributed by atoms with Crippen molar-refractivity contribution in [2.75, 3.05) is 17.2 Å². The van der Waals surface area contributed by atoms with E-state index in [2.05, 4.69) is 37.8 Å². The molecule has 0 spiro atoms. The highest BCUT2D eigenvalue weighted by Crippen LogP contribution is 2.39. The number of aromatic nitrogens is 4. The molecule has 88 valence electrons. The van der Waals surface area contributed by atoms with Crippen LogP contribution in [0.5, 0.6) is 0 Å². The van der Waals surface area contributed by atoms with Gasteiger partial charge in [0, 0.05) is 35.3 Å². The predicted octanol–water partition coefficient (Wildman–Crippen LogP) is 1.13. The normalized spacial score (nSPS) is 27.2. The number of rotatable bonds is 1. The van der Waals surface area contributed by atoms with Crippen LogP contribution in [-0.4, -0.2) is 43.2 Å². The molecule has 0 saturated carbocycles. The Morgan fingerprint density at radius 3 is 3.18 bits per heavy atom. The zero-order chi connectivity index (χ0) is 11.4. The summed E-state index contributed by atoms with van der Waals surface area (Å²) in [5.74, 6) is 3.09. The summed E-state index contributed by atoms with van der Waals surface area (Å²) < 4.78 is 1.86. The van der Waals surface area contributed by atoms with Crippen molar-refractivity contribution in [3.05, 3.63) is 18.1 Å². The second-order valence-corrected chi connectivity index (χ2v) is 6.06. The van der Waals surface area contributed by atoms with E-state index in [-0.39, 0.29) is 0 Å². The monoisotopic (exact) mass is 247 g/mol. The van der Waals surface area contributed by atoms with Crippen molar-refractivity contribution in [3.8, 4) is 0 Å². The average Bonchev–Trinajstić information content (AvgIpc) is 3.02. The topological polar surface area (TPSA) is 46.3 Å². The number of thioether (sulfide) groups is 1. The first kappa shape index (κ1) is 9.70. The Morgan fingerprint density at radius 1 is 1.47 bits per heavy atom. The largest absolute Gasteiger partial charge is 0.351 e. The minimum Gasteiger partial charge on any atom is -0.351 e. The molecule has 2 saturated heterocycles. The van der Waals surface area contributed by atoms with Gasteiger partial charge >= 0.3 is 0 Å².